The van der Waals surface area contributed by atoms with E-state index in [1.807, 2.05) is 0 Å². The van der Waals surface area contributed by atoms with E-state index >= 15 is 0 Å². The zero-order chi connectivity index (χ0) is 20.4. The van der Waals surface area contributed by atoms with Gasteiger partial charge < -0.3 is 14.2 Å². The molecule has 29 heavy (non-hydrogen) atoms. The molecule has 1 fully saturated rings. The Hall–Kier alpha value is -2.86. The van der Waals surface area contributed by atoms with Crippen LogP contribution in [0.1, 0.15) is 29.6 Å². The molecule has 150 valence electrons. The van der Waals surface area contributed by atoms with Gasteiger partial charge in [0, 0.05) is 6.42 Å². The van der Waals surface area contributed by atoms with Crippen LogP contribution in [0.5, 0.6) is 5.75 Å². The van der Waals surface area contributed by atoms with E-state index in [-0.39, 0.29) is 23.0 Å². The van der Waals surface area contributed by atoms with Gasteiger partial charge in [-0.3, -0.25) is 4.79 Å². The number of benzene rings is 2. The number of para-hydroxylation sites is 1. The zero-order valence-corrected chi connectivity index (χ0v) is 16.1. The quantitative estimate of drug-likeness (QED) is 0.676. The fraction of sp³-hybridized carbons (Fsp3) is 0.273. The van der Waals surface area contributed by atoms with Crippen LogP contribution in [0, 0.1) is 11.7 Å². The molecular formula is C22H18ClFO5. The number of hydrogen-bond acceptors (Lipinski definition) is 5. The van der Waals surface area contributed by atoms with Crippen molar-refractivity contribution in [3.8, 4) is 5.75 Å². The predicted octanol–water partition coefficient (Wildman–Crippen LogP) is 4.69. The summed E-state index contributed by atoms with van der Waals surface area (Å²) < 4.78 is 30.5. The van der Waals surface area contributed by atoms with Crippen molar-refractivity contribution < 1.29 is 28.2 Å². The van der Waals surface area contributed by atoms with Crippen LogP contribution in [0.4, 0.5) is 4.39 Å². The monoisotopic (exact) mass is 416 g/mol. The molecule has 1 aliphatic carbocycles. The molecule has 2 aromatic rings. The average molecular weight is 417 g/mol. The number of carbonyl (C=O) groups excluding carboxylic acids is 2. The molecule has 7 heteroatoms. The van der Waals surface area contributed by atoms with Crippen molar-refractivity contribution in [3.05, 3.63) is 77.0 Å². The molecule has 2 aromatic carbocycles. The summed E-state index contributed by atoms with van der Waals surface area (Å²) in [6.07, 6.45) is 1.72. The third-order valence-electron chi connectivity index (χ3n) is 5.10. The van der Waals surface area contributed by atoms with E-state index in [9.17, 15) is 14.0 Å². The standard InChI is InChI=1S/C22H18ClFO5/c23-16-6-2-4-8-18(16)29-20-12-27-19-11-13(9-10-15(19)21(20)25)28-22(26)14-5-1-3-7-17(14)24/h1-8,12-13,15,19H,9-11H2. The van der Waals surface area contributed by atoms with Gasteiger partial charge in [-0.05, 0) is 37.1 Å². The normalized spacial score (nSPS) is 23.4. The van der Waals surface area contributed by atoms with Crippen molar-refractivity contribution in [1.29, 1.82) is 0 Å². The Labute approximate surface area is 172 Å². The topological polar surface area (TPSA) is 61.8 Å². The lowest BCUT2D eigenvalue weighted by Crippen LogP contribution is -2.43. The number of rotatable bonds is 4. The van der Waals surface area contributed by atoms with Gasteiger partial charge in [-0.15, -0.1) is 0 Å². The minimum Gasteiger partial charge on any atom is -0.493 e. The Morgan fingerprint density at radius 3 is 2.66 bits per heavy atom. The van der Waals surface area contributed by atoms with Gasteiger partial charge in [-0.1, -0.05) is 35.9 Å². The number of hydrogen-bond donors (Lipinski definition) is 0. The lowest BCUT2D eigenvalue weighted by molar-refractivity contribution is -0.132. The van der Waals surface area contributed by atoms with Gasteiger partial charge in [0.2, 0.25) is 11.5 Å². The second-order valence-corrected chi connectivity index (χ2v) is 7.39. The maximum Gasteiger partial charge on any atom is 0.341 e. The fourth-order valence-corrected chi connectivity index (χ4v) is 3.78. The van der Waals surface area contributed by atoms with E-state index in [0.717, 1.165) is 0 Å². The number of fused-ring (bicyclic) bond motifs is 1. The van der Waals surface area contributed by atoms with E-state index in [0.29, 0.717) is 30.0 Å². The molecule has 0 radical (unpaired) electrons. The molecule has 0 N–H and O–H groups in total. The Morgan fingerprint density at radius 2 is 1.86 bits per heavy atom. The van der Waals surface area contributed by atoms with E-state index < -0.39 is 24.0 Å². The SMILES string of the molecule is O=C(OC1CCC2C(=O)C(Oc3ccccc3Cl)=COC2C1)c1ccccc1F. The molecule has 1 aliphatic heterocycles. The number of carbonyl (C=O) groups is 2. The van der Waals surface area contributed by atoms with Crippen LogP contribution in [0.15, 0.2) is 60.6 Å². The summed E-state index contributed by atoms with van der Waals surface area (Å²) in [5.74, 6) is -1.42. The van der Waals surface area contributed by atoms with Crippen molar-refractivity contribution in [1.82, 2.24) is 0 Å². The van der Waals surface area contributed by atoms with E-state index in [4.69, 9.17) is 25.8 Å². The van der Waals surface area contributed by atoms with Crippen LogP contribution in [-0.2, 0) is 14.3 Å². The first-order valence-corrected chi connectivity index (χ1v) is 9.68. The van der Waals surface area contributed by atoms with Gasteiger partial charge in [0.25, 0.3) is 0 Å². The Morgan fingerprint density at radius 1 is 1.10 bits per heavy atom. The lowest BCUT2D eigenvalue weighted by atomic mass is 9.80. The smallest absolute Gasteiger partial charge is 0.341 e. The zero-order valence-electron chi connectivity index (χ0n) is 15.3. The molecule has 0 saturated heterocycles. The first kappa shape index (κ1) is 19.5. The first-order chi connectivity index (χ1) is 14.0. The molecule has 0 amide bonds. The highest BCUT2D eigenvalue weighted by Gasteiger charge is 2.42. The van der Waals surface area contributed by atoms with Crippen molar-refractivity contribution in [2.45, 2.75) is 31.5 Å². The van der Waals surface area contributed by atoms with Gasteiger partial charge in [0.15, 0.2) is 0 Å². The number of allylic oxidation sites excluding steroid dienone is 1. The molecule has 2 aliphatic rings. The highest BCUT2D eigenvalue weighted by Crippen LogP contribution is 2.36. The molecular weight excluding hydrogens is 399 g/mol. The summed E-state index contributed by atoms with van der Waals surface area (Å²) in [7, 11) is 0. The molecule has 0 spiro atoms. The molecule has 1 heterocycles. The van der Waals surface area contributed by atoms with Gasteiger partial charge in [-0.25, -0.2) is 9.18 Å². The van der Waals surface area contributed by atoms with Crippen LogP contribution in [-0.4, -0.2) is 24.0 Å². The van der Waals surface area contributed by atoms with Crippen molar-refractivity contribution in [2.75, 3.05) is 0 Å². The number of Topliss-reactive ketones (excluding diaryl/α,β-unsaturated/α-hetero) is 1. The third kappa shape index (κ3) is 4.12. The molecule has 1 saturated carbocycles. The fourth-order valence-electron chi connectivity index (χ4n) is 3.60. The summed E-state index contributed by atoms with van der Waals surface area (Å²) in [4.78, 5) is 25.0. The largest absolute Gasteiger partial charge is 0.493 e. The van der Waals surface area contributed by atoms with Gasteiger partial charge in [0.1, 0.15) is 30.0 Å². The second-order valence-electron chi connectivity index (χ2n) is 6.98. The van der Waals surface area contributed by atoms with Crippen molar-refractivity contribution in [3.63, 3.8) is 0 Å². The summed E-state index contributed by atoms with van der Waals surface area (Å²) in [6.45, 7) is 0. The highest BCUT2D eigenvalue weighted by molar-refractivity contribution is 6.32. The Balaban J connectivity index is 1.41. The summed E-state index contributed by atoms with van der Waals surface area (Å²) in [5.41, 5.74) is -0.106. The summed E-state index contributed by atoms with van der Waals surface area (Å²) in [5, 5.41) is 0.395. The number of ketones is 1. The first-order valence-electron chi connectivity index (χ1n) is 9.30. The number of ether oxygens (including phenoxy) is 3. The number of esters is 1. The molecule has 4 rings (SSSR count). The average Bonchev–Trinajstić information content (AvgIpc) is 2.72. The van der Waals surface area contributed by atoms with Gasteiger partial charge in [-0.2, -0.15) is 0 Å². The summed E-state index contributed by atoms with van der Waals surface area (Å²) >= 11 is 6.08. The van der Waals surface area contributed by atoms with Crippen LogP contribution < -0.4 is 4.74 Å². The van der Waals surface area contributed by atoms with Gasteiger partial charge in [0.05, 0.1) is 16.5 Å². The minimum absolute atomic E-state index is 0.0983. The Kier molecular flexibility index (Phi) is 5.53. The van der Waals surface area contributed by atoms with Gasteiger partial charge >= 0.3 is 5.97 Å². The third-order valence-corrected chi connectivity index (χ3v) is 5.41. The lowest BCUT2D eigenvalue weighted by Gasteiger charge is -2.36. The molecule has 0 aromatic heterocycles. The Bertz CT molecular complexity index is 973. The second kappa shape index (κ2) is 8.25. The van der Waals surface area contributed by atoms with Crippen LogP contribution in [0.2, 0.25) is 5.02 Å². The van der Waals surface area contributed by atoms with Crippen molar-refractivity contribution >= 4 is 23.4 Å². The minimum atomic E-state index is -0.716. The van der Waals surface area contributed by atoms with Crippen LogP contribution in [0.3, 0.4) is 0 Å². The highest BCUT2D eigenvalue weighted by atomic mass is 35.5. The van der Waals surface area contributed by atoms with Crippen LogP contribution in [0.25, 0.3) is 0 Å². The molecule has 3 unspecified atom stereocenters. The maximum atomic E-state index is 13.8. The maximum absolute atomic E-state index is 13.8. The summed E-state index contributed by atoms with van der Waals surface area (Å²) in [6, 6.07) is 12.5. The number of halogens is 2. The van der Waals surface area contributed by atoms with Crippen LogP contribution >= 0.6 is 11.6 Å². The van der Waals surface area contributed by atoms with E-state index in [1.54, 1.807) is 30.3 Å². The predicted molar refractivity (Wildman–Crippen MR) is 103 cm³/mol. The molecule has 5 nitrogen and oxygen atoms in total. The van der Waals surface area contributed by atoms with Crippen molar-refractivity contribution in [2.24, 2.45) is 5.92 Å². The molecule has 3 atom stereocenters. The van der Waals surface area contributed by atoms with E-state index in [2.05, 4.69) is 0 Å². The molecule has 0 bridgehead atoms. The van der Waals surface area contributed by atoms with E-state index in [1.165, 1.54) is 24.5 Å².